The van der Waals surface area contributed by atoms with Gasteiger partial charge in [-0.15, -0.1) is 0 Å². The molecule has 3 N–H and O–H groups in total. The zero-order chi connectivity index (χ0) is 17.6. The van der Waals surface area contributed by atoms with Gasteiger partial charge in [0.15, 0.2) is 0 Å². The van der Waals surface area contributed by atoms with E-state index in [2.05, 4.69) is 29.6 Å². The molecule has 0 spiro atoms. The van der Waals surface area contributed by atoms with E-state index in [0.29, 0.717) is 23.8 Å². The summed E-state index contributed by atoms with van der Waals surface area (Å²) in [4.78, 5) is 22.7. The lowest BCUT2D eigenvalue weighted by Crippen LogP contribution is -2.33. The third-order valence-electron chi connectivity index (χ3n) is 4.45. The average Bonchev–Trinajstić information content (AvgIpc) is 2.64. The fourth-order valence-corrected chi connectivity index (χ4v) is 3.13. The van der Waals surface area contributed by atoms with Crippen LogP contribution in [0.1, 0.15) is 27.9 Å². The largest absolute Gasteiger partial charge is 0.493 e. The molecule has 2 amide bonds. The number of hydrogen-bond donors (Lipinski definition) is 2. The van der Waals surface area contributed by atoms with Crippen molar-refractivity contribution in [2.45, 2.75) is 19.3 Å². The van der Waals surface area contributed by atoms with Gasteiger partial charge in [0.05, 0.1) is 13.2 Å². The van der Waals surface area contributed by atoms with Gasteiger partial charge in [0.2, 0.25) is 5.91 Å². The van der Waals surface area contributed by atoms with Crippen LogP contribution in [0.3, 0.4) is 0 Å². The number of nitrogens with one attached hydrogen (secondary N) is 1. The summed E-state index contributed by atoms with van der Waals surface area (Å²) in [5.74, 6) is 0.224. The number of nitrogens with two attached hydrogens (primary N) is 1. The van der Waals surface area contributed by atoms with Gasteiger partial charge in [0.25, 0.3) is 5.91 Å². The number of carbonyl (C=O) groups excluding carboxylic acids is 2. The summed E-state index contributed by atoms with van der Waals surface area (Å²) in [6, 6.07) is 15.5. The number of primary amides is 1. The molecule has 0 aromatic heterocycles. The van der Waals surface area contributed by atoms with Crippen molar-refractivity contribution in [2.75, 3.05) is 13.2 Å². The molecule has 5 heteroatoms. The summed E-state index contributed by atoms with van der Waals surface area (Å²) in [6.45, 7) is 0.450. The van der Waals surface area contributed by atoms with E-state index in [-0.39, 0.29) is 12.5 Å². The van der Waals surface area contributed by atoms with E-state index < -0.39 is 5.91 Å². The van der Waals surface area contributed by atoms with Gasteiger partial charge in [-0.3, -0.25) is 9.59 Å². The molecule has 0 radical (unpaired) electrons. The molecule has 3 rings (SSSR count). The van der Waals surface area contributed by atoms with Crippen molar-refractivity contribution >= 4 is 11.8 Å². The summed E-state index contributed by atoms with van der Waals surface area (Å²) in [5.41, 5.74) is 8.33. The van der Waals surface area contributed by atoms with Crippen LogP contribution < -0.4 is 15.8 Å². The number of ether oxygens (including phenoxy) is 1. The first kappa shape index (κ1) is 17.0. The molecule has 25 heavy (non-hydrogen) atoms. The molecule has 2 aromatic rings. The van der Waals surface area contributed by atoms with Crippen molar-refractivity contribution in [1.82, 2.24) is 5.32 Å². The molecule has 5 nitrogen and oxygen atoms in total. The molecule has 1 aliphatic rings. The van der Waals surface area contributed by atoms with Crippen molar-refractivity contribution in [3.63, 3.8) is 0 Å². The maximum absolute atomic E-state index is 12.0. The number of fused-ring (bicyclic) bond motifs is 1. The highest BCUT2D eigenvalue weighted by atomic mass is 16.5. The van der Waals surface area contributed by atoms with E-state index in [1.807, 2.05) is 6.07 Å². The third-order valence-corrected chi connectivity index (χ3v) is 4.45. The second-order valence-electron chi connectivity index (χ2n) is 6.37. The van der Waals surface area contributed by atoms with Crippen LogP contribution in [0.2, 0.25) is 0 Å². The van der Waals surface area contributed by atoms with Crippen molar-refractivity contribution in [1.29, 1.82) is 0 Å². The fraction of sp³-hybridized carbons (Fsp3) is 0.300. The molecule has 0 fully saturated rings. The Bertz CT molecular complexity index is 773. The monoisotopic (exact) mass is 338 g/mol. The van der Waals surface area contributed by atoms with Gasteiger partial charge in [-0.2, -0.15) is 0 Å². The van der Waals surface area contributed by atoms with Crippen molar-refractivity contribution in [2.24, 2.45) is 11.7 Å². The van der Waals surface area contributed by atoms with Gasteiger partial charge in [-0.05, 0) is 54.5 Å². The van der Waals surface area contributed by atoms with Crippen molar-refractivity contribution in [3.8, 4) is 5.75 Å². The van der Waals surface area contributed by atoms with Crippen LogP contribution in [0.15, 0.2) is 48.5 Å². The Morgan fingerprint density at radius 2 is 1.92 bits per heavy atom. The molecule has 1 atom stereocenters. The quantitative estimate of drug-likeness (QED) is 0.846. The average molecular weight is 338 g/mol. The minimum absolute atomic E-state index is 0.175. The summed E-state index contributed by atoms with van der Waals surface area (Å²) in [7, 11) is 0. The van der Waals surface area contributed by atoms with Crippen LogP contribution in [-0.4, -0.2) is 25.0 Å². The highest BCUT2D eigenvalue weighted by Gasteiger charge is 2.19. The Morgan fingerprint density at radius 3 is 2.72 bits per heavy atom. The smallest absolute Gasteiger partial charge is 0.251 e. The lowest BCUT2D eigenvalue weighted by Gasteiger charge is -2.24. The highest BCUT2D eigenvalue weighted by molar-refractivity contribution is 5.96. The highest BCUT2D eigenvalue weighted by Crippen LogP contribution is 2.26. The normalized spacial score (nSPS) is 15.9. The van der Waals surface area contributed by atoms with Gasteiger partial charge in [0, 0.05) is 5.56 Å². The summed E-state index contributed by atoms with van der Waals surface area (Å²) >= 11 is 0. The molecule has 0 aliphatic heterocycles. The zero-order valence-corrected chi connectivity index (χ0v) is 14.0. The van der Waals surface area contributed by atoms with Gasteiger partial charge >= 0.3 is 0 Å². The van der Waals surface area contributed by atoms with Crippen LogP contribution in [0.4, 0.5) is 0 Å². The van der Waals surface area contributed by atoms with Crippen LogP contribution in [0.25, 0.3) is 0 Å². The molecule has 0 saturated heterocycles. The van der Waals surface area contributed by atoms with Crippen LogP contribution >= 0.6 is 0 Å². The van der Waals surface area contributed by atoms with Gasteiger partial charge in [-0.1, -0.05) is 30.3 Å². The standard InChI is InChI=1S/C20H22N2O3/c21-19(23)12-22-20(24)17-6-3-7-18(11-17)25-13-14-8-9-15-4-1-2-5-16(15)10-14/h1-7,11,14H,8-10,12-13H2,(H2,21,23)(H,22,24). The molecule has 1 unspecified atom stereocenters. The minimum Gasteiger partial charge on any atom is -0.493 e. The van der Waals surface area contributed by atoms with E-state index in [1.165, 1.54) is 11.1 Å². The topological polar surface area (TPSA) is 81.4 Å². The number of amides is 2. The zero-order valence-electron chi connectivity index (χ0n) is 14.0. The third kappa shape index (κ3) is 4.59. The van der Waals surface area contributed by atoms with E-state index in [1.54, 1.807) is 18.2 Å². The van der Waals surface area contributed by atoms with E-state index in [0.717, 1.165) is 19.3 Å². The van der Waals surface area contributed by atoms with Crippen LogP contribution in [-0.2, 0) is 17.6 Å². The minimum atomic E-state index is -0.571. The predicted molar refractivity (Wildman–Crippen MR) is 95.4 cm³/mol. The Labute approximate surface area is 147 Å². The van der Waals surface area contributed by atoms with Gasteiger partial charge in [0.1, 0.15) is 5.75 Å². The van der Waals surface area contributed by atoms with E-state index >= 15 is 0 Å². The molecular formula is C20H22N2O3. The Balaban J connectivity index is 1.56. The van der Waals surface area contributed by atoms with Crippen LogP contribution in [0, 0.1) is 5.92 Å². The first-order valence-electron chi connectivity index (χ1n) is 8.48. The van der Waals surface area contributed by atoms with Crippen LogP contribution in [0.5, 0.6) is 5.75 Å². The second-order valence-corrected chi connectivity index (χ2v) is 6.37. The summed E-state index contributed by atoms with van der Waals surface area (Å²) in [5, 5.41) is 2.47. The summed E-state index contributed by atoms with van der Waals surface area (Å²) in [6.07, 6.45) is 3.21. The van der Waals surface area contributed by atoms with Crippen molar-refractivity contribution < 1.29 is 14.3 Å². The molecule has 130 valence electrons. The number of rotatable bonds is 6. The number of carbonyl (C=O) groups is 2. The first-order chi connectivity index (χ1) is 12.1. The molecule has 0 bridgehead atoms. The van der Waals surface area contributed by atoms with Crippen molar-refractivity contribution in [3.05, 3.63) is 65.2 Å². The number of benzene rings is 2. The second kappa shape index (κ2) is 7.83. The first-order valence-corrected chi connectivity index (χ1v) is 8.48. The maximum atomic E-state index is 12.0. The molecule has 2 aromatic carbocycles. The molecule has 0 saturated carbocycles. The van der Waals surface area contributed by atoms with Gasteiger partial charge < -0.3 is 15.8 Å². The SMILES string of the molecule is NC(=O)CNC(=O)c1cccc(OCC2CCc3ccccc3C2)c1. The maximum Gasteiger partial charge on any atom is 0.251 e. The molecule has 0 heterocycles. The Hall–Kier alpha value is -2.82. The lowest BCUT2D eigenvalue weighted by molar-refractivity contribution is -0.117. The molecule has 1 aliphatic carbocycles. The Morgan fingerprint density at radius 1 is 1.12 bits per heavy atom. The number of hydrogen-bond acceptors (Lipinski definition) is 3. The van der Waals surface area contributed by atoms with E-state index in [4.69, 9.17) is 10.5 Å². The predicted octanol–water partition coefficient (Wildman–Crippen LogP) is 2.09. The number of aryl methyl sites for hydroxylation is 1. The van der Waals surface area contributed by atoms with Gasteiger partial charge in [-0.25, -0.2) is 0 Å². The summed E-state index contributed by atoms with van der Waals surface area (Å²) < 4.78 is 5.91. The van der Waals surface area contributed by atoms with E-state index in [9.17, 15) is 9.59 Å². The Kier molecular flexibility index (Phi) is 5.33. The fourth-order valence-electron chi connectivity index (χ4n) is 3.13. The lowest BCUT2D eigenvalue weighted by atomic mass is 9.84. The molecular weight excluding hydrogens is 316 g/mol.